The van der Waals surface area contributed by atoms with Crippen LogP contribution in [0.1, 0.15) is 33.6 Å². The van der Waals surface area contributed by atoms with Crippen molar-refractivity contribution >= 4 is 7.60 Å². The standard InChI is InChI=1S/C12H25O5P/c1-4-7-16-18(14,17-8-5-2)11-15-10-12(6-3)9-13/h6,13H,4-5,7-11H2,1-3H3/b12-6+. The van der Waals surface area contributed by atoms with Crippen LogP contribution in [0.2, 0.25) is 0 Å². The van der Waals surface area contributed by atoms with Gasteiger partial charge in [-0.1, -0.05) is 19.9 Å². The first kappa shape index (κ1) is 17.8. The Bertz CT molecular complexity index is 266. The van der Waals surface area contributed by atoms with Crippen LogP contribution in [0.4, 0.5) is 0 Å². The van der Waals surface area contributed by atoms with E-state index in [9.17, 15) is 4.57 Å². The molecule has 0 aromatic heterocycles. The van der Waals surface area contributed by atoms with E-state index in [1.807, 2.05) is 20.8 Å². The van der Waals surface area contributed by atoms with Gasteiger partial charge in [0.25, 0.3) is 0 Å². The zero-order valence-corrected chi connectivity index (χ0v) is 12.4. The minimum Gasteiger partial charge on any atom is -0.392 e. The zero-order valence-electron chi connectivity index (χ0n) is 11.6. The van der Waals surface area contributed by atoms with Crippen molar-refractivity contribution in [2.24, 2.45) is 0 Å². The van der Waals surface area contributed by atoms with Gasteiger partial charge < -0.3 is 18.9 Å². The quantitative estimate of drug-likeness (QED) is 0.465. The van der Waals surface area contributed by atoms with Crippen molar-refractivity contribution < 1.29 is 23.5 Å². The molecular formula is C12H25O5P. The SMILES string of the molecule is C/C=C(\CO)COCP(=O)(OCCC)OCCC. The van der Waals surface area contributed by atoms with Gasteiger partial charge in [0.2, 0.25) is 0 Å². The molecule has 0 aliphatic carbocycles. The van der Waals surface area contributed by atoms with Crippen LogP contribution in [-0.2, 0) is 18.3 Å². The predicted octanol–water partition coefficient (Wildman–Crippen LogP) is 2.95. The van der Waals surface area contributed by atoms with Gasteiger partial charge in [-0.3, -0.25) is 4.57 Å². The highest BCUT2D eigenvalue weighted by molar-refractivity contribution is 7.53. The average Bonchev–Trinajstić information content (AvgIpc) is 2.39. The van der Waals surface area contributed by atoms with Gasteiger partial charge in [0.1, 0.15) is 6.35 Å². The second-order valence-electron chi connectivity index (χ2n) is 3.86. The molecule has 18 heavy (non-hydrogen) atoms. The summed E-state index contributed by atoms with van der Waals surface area (Å²) in [5.74, 6) is 0. The molecule has 0 aliphatic heterocycles. The Labute approximate surface area is 110 Å². The van der Waals surface area contributed by atoms with E-state index in [2.05, 4.69) is 0 Å². The summed E-state index contributed by atoms with van der Waals surface area (Å²) in [7, 11) is -3.16. The minimum atomic E-state index is -3.16. The van der Waals surface area contributed by atoms with E-state index in [-0.39, 0.29) is 19.6 Å². The van der Waals surface area contributed by atoms with Crippen LogP contribution < -0.4 is 0 Å². The van der Waals surface area contributed by atoms with Crippen LogP contribution in [0.5, 0.6) is 0 Å². The third kappa shape index (κ3) is 8.01. The Morgan fingerprint density at radius 2 is 1.78 bits per heavy atom. The highest BCUT2D eigenvalue weighted by Gasteiger charge is 2.24. The molecule has 1 N–H and O–H groups in total. The van der Waals surface area contributed by atoms with Crippen molar-refractivity contribution in [1.82, 2.24) is 0 Å². The number of allylic oxidation sites excluding steroid dienone is 1. The smallest absolute Gasteiger partial charge is 0.356 e. The fourth-order valence-electron chi connectivity index (χ4n) is 1.08. The largest absolute Gasteiger partial charge is 0.392 e. The van der Waals surface area contributed by atoms with Gasteiger partial charge in [-0.25, -0.2) is 0 Å². The number of hydrogen-bond donors (Lipinski definition) is 1. The molecular weight excluding hydrogens is 255 g/mol. The van der Waals surface area contributed by atoms with Crippen molar-refractivity contribution in [3.63, 3.8) is 0 Å². The van der Waals surface area contributed by atoms with Crippen LogP contribution >= 0.6 is 7.60 Å². The monoisotopic (exact) mass is 280 g/mol. The number of hydrogen-bond acceptors (Lipinski definition) is 5. The lowest BCUT2D eigenvalue weighted by atomic mass is 10.3. The molecule has 0 aliphatic rings. The molecule has 0 heterocycles. The first-order valence-electron chi connectivity index (χ1n) is 6.32. The molecule has 0 amide bonds. The number of aliphatic hydroxyl groups is 1. The van der Waals surface area contributed by atoms with Crippen molar-refractivity contribution in [1.29, 1.82) is 0 Å². The predicted molar refractivity (Wildman–Crippen MR) is 71.8 cm³/mol. The zero-order chi connectivity index (χ0) is 13.9. The Morgan fingerprint density at radius 3 is 2.17 bits per heavy atom. The first-order valence-corrected chi connectivity index (χ1v) is 8.05. The van der Waals surface area contributed by atoms with Crippen molar-refractivity contribution in [3.05, 3.63) is 11.6 Å². The molecule has 0 fully saturated rings. The molecule has 6 heteroatoms. The summed E-state index contributed by atoms with van der Waals surface area (Å²) in [6, 6.07) is 0. The van der Waals surface area contributed by atoms with E-state index in [1.54, 1.807) is 6.08 Å². The van der Waals surface area contributed by atoms with Crippen LogP contribution in [0.25, 0.3) is 0 Å². The van der Waals surface area contributed by atoms with Gasteiger partial charge in [0, 0.05) is 0 Å². The normalized spacial score (nSPS) is 13.0. The minimum absolute atomic E-state index is 0.0631. The Morgan fingerprint density at radius 1 is 1.22 bits per heavy atom. The van der Waals surface area contributed by atoms with E-state index in [4.69, 9.17) is 18.9 Å². The maximum atomic E-state index is 12.2. The third-order valence-corrected chi connectivity index (χ3v) is 3.78. The van der Waals surface area contributed by atoms with Gasteiger partial charge in [-0.15, -0.1) is 0 Å². The lowest BCUT2D eigenvalue weighted by Gasteiger charge is -2.18. The molecule has 108 valence electrons. The summed E-state index contributed by atoms with van der Waals surface area (Å²) in [6.07, 6.45) is 3.24. The van der Waals surface area contributed by atoms with E-state index >= 15 is 0 Å². The molecule has 0 atom stereocenters. The molecule has 0 radical (unpaired) electrons. The summed E-state index contributed by atoms with van der Waals surface area (Å²) in [4.78, 5) is 0. The van der Waals surface area contributed by atoms with Crippen molar-refractivity contribution in [2.75, 3.05) is 32.8 Å². The van der Waals surface area contributed by atoms with Crippen molar-refractivity contribution in [3.8, 4) is 0 Å². The molecule has 0 aromatic carbocycles. The van der Waals surface area contributed by atoms with E-state index < -0.39 is 7.60 Å². The van der Waals surface area contributed by atoms with E-state index in [0.29, 0.717) is 13.2 Å². The second kappa shape index (κ2) is 10.7. The molecule has 0 unspecified atom stereocenters. The molecule has 5 nitrogen and oxygen atoms in total. The van der Waals surface area contributed by atoms with Crippen LogP contribution in [0.3, 0.4) is 0 Å². The molecule has 0 spiro atoms. The summed E-state index contributed by atoms with van der Waals surface area (Å²) in [5.41, 5.74) is 0.743. The summed E-state index contributed by atoms with van der Waals surface area (Å²) in [6.45, 7) is 6.65. The number of ether oxygens (including phenoxy) is 1. The average molecular weight is 280 g/mol. The fourth-order valence-corrected chi connectivity index (χ4v) is 2.54. The van der Waals surface area contributed by atoms with Gasteiger partial charge in [-0.05, 0) is 25.3 Å². The van der Waals surface area contributed by atoms with Crippen molar-refractivity contribution in [2.45, 2.75) is 33.6 Å². The lowest BCUT2D eigenvalue weighted by molar-refractivity contribution is 0.135. The van der Waals surface area contributed by atoms with Gasteiger partial charge >= 0.3 is 7.60 Å². The highest BCUT2D eigenvalue weighted by Crippen LogP contribution is 2.48. The van der Waals surface area contributed by atoms with Crippen LogP contribution in [0.15, 0.2) is 11.6 Å². The number of rotatable bonds is 11. The fraction of sp³-hybridized carbons (Fsp3) is 0.833. The Kier molecular flexibility index (Phi) is 10.6. The van der Waals surface area contributed by atoms with Crippen LogP contribution in [0, 0.1) is 0 Å². The van der Waals surface area contributed by atoms with E-state index in [0.717, 1.165) is 18.4 Å². The third-order valence-electron chi connectivity index (χ3n) is 2.13. The summed E-state index contributed by atoms with van der Waals surface area (Å²) >= 11 is 0. The van der Waals surface area contributed by atoms with E-state index in [1.165, 1.54) is 0 Å². The molecule has 0 aromatic rings. The molecule has 0 saturated carbocycles. The lowest BCUT2D eigenvalue weighted by Crippen LogP contribution is -2.08. The first-order chi connectivity index (χ1) is 8.61. The molecule has 0 rings (SSSR count). The Hall–Kier alpha value is -0.190. The highest BCUT2D eigenvalue weighted by atomic mass is 31.2. The summed E-state index contributed by atoms with van der Waals surface area (Å²) in [5, 5.41) is 8.96. The maximum Gasteiger partial charge on any atom is 0.356 e. The topological polar surface area (TPSA) is 65.0 Å². The Balaban J connectivity index is 4.19. The van der Waals surface area contributed by atoms with Gasteiger partial charge in [0.15, 0.2) is 0 Å². The van der Waals surface area contributed by atoms with Gasteiger partial charge in [0.05, 0.1) is 26.4 Å². The number of aliphatic hydroxyl groups excluding tert-OH is 1. The van der Waals surface area contributed by atoms with Gasteiger partial charge in [-0.2, -0.15) is 0 Å². The molecule has 0 bridgehead atoms. The van der Waals surface area contributed by atoms with Crippen LogP contribution in [-0.4, -0.2) is 37.9 Å². The maximum absolute atomic E-state index is 12.2. The second-order valence-corrected chi connectivity index (χ2v) is 5.86. The molecule has 0 saturated heterocycles. The summed E-state index contributed by atoms with van der Waals surface area (Å²) < 4.78 is 28.0.